The van der Waals surface area contributed by atoms with Gasteiger partial charge in [-0.3, -0.25) is 14.3 Å². The fourth-order valence-electron chi connectivity index (χ4n) is 1.70. The van der Waals surface area contributed by atoms with E-state index >= 15 is 0 Å². The van der Waals surface area contributed by atoms with E-state index in [4.69, 9.17) is 9.52 Å². The monoisotopic (exact) mass is 338 g/mol. The first kappa shape index (κ1) is 16.6. The maximum absolute atomic E-state index is 11.9. The predicted octanol–water partition coefficient (Wildman–Crippen LogP) is 1.28. The minimum Gasteiger partial charge on any atom is -0.481 e. The first-order valence-corrected chi connectivity index (χ1v) is 8.03. The van der Waals surface area contributed by atoms with Crippen LogP contribution in [0.25, 0.3) is 0 Å². The fourth-order valence-corrected chi connectivity index (χ4v) is 2.68. The fraction of sp³-hybridized carbons (Fsp3) is 0.143. The van der Waals surface area contributed by atoms with Gasteiger partial charge in [0.25, 0.3) is 15.9 Å². The highest BCUT2D eigenvalue weighted by Crippen LogP contribution is 2.16. The molecule has 0 fully saturated rings. The highest BCUT2D eigenvalue weighted by atomic mass is 32.2. The molecule has 1 aromatic carbocycles. The number of hydrogen-bond donors (Lipinski definition) is 3. The van der Waals surface area contributed by atoms with Crippen LogP contribution in [-0.2, 0) is 14.8 Å². The number of furan rings is 1. The van der Waals surface area contributed by atoms with E-state index in [0.717, 1.165) is 0 Å². The summed E-state index contributed by atoms with van der Waals surface area (Å²) in [6.07, 6.45) is 1.08. The van der Waals surface area contributed by atoms with Gasteiger partial charge in [-0.15, -0.1) is 0 Å². The second kappa shape index (κ2) is 6.97. The molecule has 23 heavy (non-hydrogen) atoms. The van der Waals surface area contributed by atoms with Crippen molar-refractivity contribution in [1.29, 1.82) is 0 Å². The standard InChI is InChI=1S/C14H14N2O6S/c17-12(18)7-8-15-14(19)10-3-5-11(6-4-10)16-23(20,21)13-2-1-9-22-13/h1-6,9,16H,7-8H2,(H,15,19)(H,17,18). The van der Waals surface area contributed by atoms with E-state index in [-0.39, 0.29) is 29.3 Å². The van der Waals surface area contributed by atoms with Crippen molar-refractivity contribution in [2.75, 3.05) is 11.3 Å². The van der Waals surface area contributed by atoms with Crippen LogP contribution >= 0.6 is 0 Å². The van der Waals surface area contributed by atoms with E-state index in [1.54, 1.807) is 0 Å². The number of sulfonamides is 1. The summed E-state index contributed by atoms with van der Waals surface area (Å²) in [7, 11) is -3.81. The minimum atomic E-state index is -3.81. The van der Waals surface area contributed by atoms with Crippen LogP contribution in [0.15, 0.2) is 52.2 Å². The Morgan fingerprint density at radius 3 is 2.39 bits per heavy atom. The third kappa shape index (κ3) is 4.58. The zero-order chi connectivity index (χ0) is 16.9. The molecule has 0 saturated heterocycles. The van der Waals surface area contributed by atoms with Gasteiger partial charge in [0.2, 0.25) is 5.09 Å². The van der Waals surface area contributed by atoms with E-state index in [9.17, 15) is 18.0 Å². The average molecular weight is 338 g/mol. The molecule has 122 valence electrons. The van der Waals surface area contributed by atoms with Crippen LogP contribution in [0, 0.1) is 0 Å². The summed E-state index contributed by atoms with van der Waals surface area (Å²) in [5, 5.41) is 10.7. The van der Waals surface area contributed by atoms with Crippen LogP contribution in [0.5, 0.6) is 0 Å². The van der Waals surface area contributed by atoms with Crippen LogP contribution in [0.4, 0.5) is 5.69 Å². The minimum absolute atomic E-state index is 0.0149. The molecule has 0 saturated carbocycles. The van der Waals surface area contributed by atoms with Gasteiger partial charge in [0, 0.05) is 17.8 Å². The summed E-state index contributed by atoms with van der Waals surface area (Å²) < 4.78 is 31.0. The molecule has 1 heterocycles. The molecule has 2 aromatic rings. The van der Waals surface area contributed by atoms with Crippen molar-refractivity contribution in [3.63, 3.8) is 0 Å². The number of amides is 1. The van der Waals surface area contributed by atoms with Crippen molar-refractivity contribution < 1.29 is 27.5 Å². The van der Waals surface area contributed by atoms with Crippen molar-refractivity contribution in [3.8, 4) is 0 Å². The summed E-state index contributed by atoms with van der Waals surface area (Å²) in [6, 6.07) is 8.47. The molecule has 8 nitrogen and oxygen atoms in total. The van der Waals surface area contributed by atoms with Gasteiger partial charge in [0.1, 0.15) is 0 Å². The molecule has 0 aliphatic heterocycles. The number of nitrogens with one attached hydrogen (secondary N) is 2. The van der Waals surface area contributed by atoms with Gasteiger partial charge in [-0.05, 0) is 36.4 Å². The number of carboxylic acids is 1. The number of hydrogen-bond acceptors (Lipinski definition) is 5. The third-order valence-electron chi connectivity index (χ3n) is 2.78. The molecule has 0 atom stereocenters. The van der Waals surface area contributed by atoms with Crippen LogP contribution in [0.2, 0.25) is 0 Å². The van der Waals surface area contributed by atoms with E-state index < -0.39 is 21.9 Å². The quantitative estimate of drug-likeness (QED) is 0.698. The maximum Gasteiger partial charge on any atom is 0.305 e. The Kier molecular flexibility index (Phi) is 5.02. The highest BCUT2D eigenvalue weighted by molar-refractivity contribution is 7.92. The van der Waals surface area contributed by atoms with Gasteiger partial charge in [0.15, 0.2) is 0 Å². The number of carbonyl (C=O) groups is 2. The van der Waals surface area contributed by atoms with Crippen molar-refractivity contribution in [2.24, 2.45) is 0 Å². The second-order valence-electron chi connectivity index (χ2n) is 4.51. The van der Waals surface area contributed by atoms with Crippen molar-refractivity contribution in [1.82, 2.24) is 5.32 Å². The number of rotatable bonds is 7. The molecule has 0 bridgehead atoms. The second-order valence-corrected chi connectivity index (χ2v) is 6.13. The Morgan fingerprint density at radius 1 is 1.13 bits per heavy atom. The molecule has 0 aliphatic rings. The Labute approximate surface area is 132 Å². The molecule has 0 radical (unpaired) electrons. The lowest BCUT2D eigenvalue weighted by Crippen LogP contribution is -2.25. The predicted molar refractivity (Wildman–Crippen MR) is 80.5 cm³/mol. The third-order valence-corrected chi connectivity index (χ3v) is 4.05. The molecular formula is C14H14N2O6S. The van der Waals surface area contributed by atoms with Gasteiger partial charge < -0.3 is 14.8 Å². The number of aliphatic carboxylic acids is 1. The van der Waals surface area contributed by atoms with Gasteiger partial charge in [-0.1, -0.05) is 0 Å². The van der Waals surface area contributed by atoms with Crippen LogP contribution < -0.4 is 10.0 Å². The zero-order valence-corrected chi connectivity index (χ0v) is 12.7. The van der Waals surface area contributed by atoms with Crippen LogP contribution in [-0.4, -0.2) is 31.9 Å². The topological polar surface area (TPSA) is 126 Å². The van der Waals surface area contributed by atoms with Crippen LogP contribution in [0.1, 0.15) is 16.8 Å². The molecule has 1 aromatic heterocycles. The summed E-state index contributed by atoms with van der Waals surface area (Å²) >= 11 is 0. The molecular weight excluding hydrogens is 324 g/mol. The number of benzene rings is 1. The first-order chi connectivity index (χ1) is 10.9. The Balaban J connectivity index is 1.99. The van der Waals surface area contributed by atoms with Crippen molar-refractivity contribution in [3.05, 3.63) is 48.2 Å². The lowest BCUT2D eigenvalue weighted by Gasteiger charge is -2.07. The lowest BCUT2D eigenvalue weighted by atomic mass is 10.2. The van der Waals surface area contributed by atoms with Gasteiger partial charge in [0.05, 0.1) is 12.7 Å². The molecule has 1 amide bonds. The van der Waals surface area contributed by atoms with Crippen LogP contribution in [0.3, 0.4) is 0 Å². The molecule has 0 spiro atoms. The zero-order valence-electron chi connectivity index (χ0n) is 11.9. The number of anilines is 1. The van der Waals surface area contributed by atoms with Gasteiger partial charge >= 0.3 is 5.97 Å². The molecule has 2 rings (SSSR count). The Bertz CT molecular complexity index is 781. The highest BCUT2D eigenvalue weighted by Gasteiger charge is 2.17. The van der Waals surface area contributed by atoms with E-state index in [2.05, 4.69) is 10.0 Å². The van der Waals surface area contributed by atoms with E-state index in [0.29, 0.717) is 0 Å². The van der Waals surface area contributed by atoms with E-state index in [1.165, 1.54) is 42.7 Å². The number of carbonyl (C=O) groups excluding carboxylic acids is 1. The number of carboxylic acid groups (broad SMARTS) is 1. The normalized spacial score (nSPS) is 11.0. The smallest absolute Gasteiger partial charge is 0.305 e. The van der Waals surface area contributed by atoms with Crippen molar-refractivity contribution >= 4 is 27.6 Å². The van der Waals surface area contributed by atoms with Crippen molar-refractivity contribution in [2.45, 2.75) is 11.5 Å². The van der Waals surface area contributed by atoms with Gasteiger partial charge in [-0.2, -0.15) is 8.42 Å². The molecule has 3 N–H and O–H groups in total. The molecule has 0 unspecified atom stereocenters. The van der Waals surface area contributed by atoms with E-state index in [1.807, 2.05) is 0 Å². The summed E-state index contributed by atoms with van der Waals surface area (Å²) in [6.45, 7) is 0.0149. The summed E-state index contributed by atoms with van der Waals surface area (Å²) in [5.74, 6) is -1.44. The summed E-state index contributed by atoms with van der Waals surface area (Å²) in [4.78, 5) is 22.1. The van der Waals surface area contributed by atoms with Gasteiger partial charge in [-0.25, -0.2) is 0 Å². The molecule has 9 heteroatoms. The summed E-state index contributed by atoms with van der Waals surface area (Å²) in [5.41, 5.74) is 0.555. The Hall–Kier alpha value is -2.81. The Morgan fingerprint density at radius 2 is 1.83 bits per heavy atom. The lowest BCUT2D eigenvalue weighted by molar-refractivity contribution is -0.136. The average Bonchev–Trinajstić information content (AvgIpc) is 3.02. The molecule has 0 aliphatic carbocycles. The largest absolute Gasteiger partial charge is 0.481 e. The maximum atomic E-state index is 11.9. The SMILES string of the molecule is O=C(O)CCNC(=O)c1ccc(NS(=O)(=O)c2ccco2)cc1. The first-order valence-electron chi connectivity index (χ1n) is 6.55.